The molecule has 13 heavy (non-hydrogen) atoms. The van der Waals surface area contributed by atoms with Gasteiger partial charge >= 0.3 is 5.69 Å². The van der Waals surface area contributed by atoms with Crippen molar-refractivity contribution in [3.63, 3.8) is 0 Å². The molecule has 2 aromatic rings. The van der Waals surface area contributed by atoms with Crippen molar-refractivity contribution in [2.24, 2.45) is 5.73 Å². The van der Waals surface area contributed by atoms with Gasteiger partial charge in [-0.15, -0.1) is 0 Å². The summed E-state index contributed by atoms with van der Waals surface area (Å²) in [6.07, 6.45) is 1.34. The summed E-state index contributed by atoms with van der Waals surface area (Å²) in [5.41, 5.74) is 4.72. The smallest absolute Gasteiger partial charge is 0.331 e. The van der Waals surface area contributed by atoms with Crippen LogP contribution in [0.5, 0.6) is 0 Å². The zero-order chi connectivity index (χ0) is 9.42. The third kappa shape index (κ3) is 0.975. The maximum atomic E-state index is 11.4. The molecule has 0 radical (unpaired) electrons. The molecule has 0 saturated carbocycles. The Hall–Kier alpha value is -1.89. The predicted octanol–water partition coefficient (Wildman–Crippen LogP) is -1.67. The molecule has 0 saturated heterocycles. The average molecular weight is 181 g/mol. The summed E-state index contributed by atoms with van der Waals surface area (Å²) in [5.74, 6) is 0. The fraction of sp³-hybridized carbons (Fsp3) is 0.167. The first-order valence-electron chi connectivity index (χ1n) is 3.60. The van der Waals surface area contributed by atoms with Gasteiger partial charge in [0.15, 0.2) is 5.65 Å². The molecule has 2 rings (SSSR count). The lowest BCUT2D eigenvalue weighted by molar-refractivity contribution is 0.660. The molecule has 4 N–H and O–H groups in total. The van der Waals surface area contributed by atoms with Crippen LogP contribution in [0, 0.1) is 0 Å². The van der Waals surface area contributed by atoms with Gasteiger partial charge in [0.2, 0.25) is 0 Å². The quantitative estimate of drug-likeness (QED) is 0.488. The van der Waals surface area contributed by atoms with Gasteiger partial charge in [-0.3, -0.25) is 9.78 Å². The van der Waals surface area contributed by atoms with Gasteiger partial charge in [-0.1, -0.05) is 0 Å². The van der Waals surface area contributed by atoms with Gasteiger partial charge in [-0.05, 0) is 0 Å². The number of nitrogens with zero attached hydrogens (tertiary/aromatic N) is 2. The van der Waals surface area contributed by atoms with Crippen LogP contribution in [0.4, 0.5) is 0 Å². The van der Waals surface area contributed by atoms with E-state index in [0.717, 1.165) is 4.57 Å². The first kappa shape index (κ1) is 7.74. The number of hydrogen-bond acceptors (Lipinski definition) is 4. The number of nitrogens with two attached hydrogens (primary N) is 1. The van der Waals surface area contributed by atoms with Crippen molar-refractivity contribution >= 4 is 11.2 Å². The first-order chi connectivity index (χ1) is 6.24. The van der Waals surface area contributed by atoms with E-state index in [0.29, 0.717) is 0 Å². The van der Waals surface area contributed by atoms with Gasteiger partial charge in [0.1, 0.15) is 5.52 Å². The fourth-order valence-corrected chi connectivity index (χ4v) is 1.11. The van der Waals surface area contributed by atoms with Gasteiger partial charge in [0.05, 0.1) is 13.0 Å². The highest BCUT2D eigenvalue weighted by atomic mass is 16.2. The van der Waals surface area contributed by atoms with Crippen LogP contribution in [0.2, 0.25) is 0 Å². The van der Waals surface area contributed by atoms with Gasteiger partial charge in [-0.2, -0.15) is 0 Å². The predicted molar refractivity (Wildman–Crippen MR) is 45.2 cm³/mol. The van der Waals surface area contributed by atoms with Crippen LogP contribution in [0.3, 0.4) is 0 Å². The van der Waals surface area contributed by atoms with E-state index in [9.17, 15) is 9.59 Å². The van der Waals surface area contributed by atoms with E-state index in [1.165, 1.54) is 6.33 Å². The average Bonchev–Trinajstić information content (AvgIpc) is 2.53. The molecule has 7 heteroatoms. The Bertz CT molecular complexity index is 548. The fourth-order valence-electron chi connectivity index (χ4n) is 1.11. The summed E-state index contributed by atoms with van der Waals surface area (Å²) in [6.45, 7) is -0.150. The Morgan fingerprint density at radius 1 is 1.54 bits per heavy atom. The lowest BCUT2D eigenvalue weighted by Gasteiger charge is -1.97. The van der Waals surface area contributed by atoms with Crippen LogP contribution in [-0.2, 0) is 6.67 Å². The number of nitrogens with one attached hydrogen (secondary N) is 2. The molecule has 0 unspecified atom stereocenters. The Morgan fingerprint density at radius 3 is 3.00 bits per heavy atom. The molecule has 0 aromatic carbocycles. The topological polar surface area (TPSA) is 110 Å². The number of H-pyrrole nitrogens is 2. The molecule has 7 nitrogen and oxygen atoms in total. The normalized spacial score (nSPS) is 10.8. The SMILES string of the molecule is NCn1c(=O)[nH]c2nc[nH]c2c1=O. The Morgan fingerprint density at radius 2 is 2.31 bits per heavy atom. The number of aromatic amines is 2. The zero-order valence-electron chi connectivity index (χ0n) is 6.57. The van der Waals surface area contributed by atoms with E-state index in [-0.39, 0.29) is 17.8 Å². The maximum Gasteiger partial charge on any atom is 0.331 e. The summed E-state index contributed by atoms with van der Waals surface area (Å²) in [4.78, 5) is 31.4. The summed E-state index contributed by atoms with van der Waals surface area (Å²) >= 11 is 0. The number of rotatable bonds is 1. The third-order valence-electron chi connectivity index (χ3n) is 1.75. The standard InChI is InChI=1S/C6H7N5O2/c7-1-11-5(12)3-4(9-2-8-3)10-6(11)13/h2H,1,7H2,(H,8,9)(H,10,13). The van der Waals surface area contributed by atoms with Crippen LogP contribution in [0.15, 0.2) is 15.9 Å². The zero-order valence-corrected chi connectivity index (χ0v) is 6.57. The highest BCUT2D eigenvalue weighted by Crippen LogP contribution is 1.93. The van der Waals surface area contributed by atoms with Gasteiger partial charge < -0.3 is 10.7 Å². The largest absolute Gasteiger partial charge is 0.339 e. The first-order valence-corrected chi connectivity index (χ1v) is 3.60. The van der Waals surface area contributed by atoms with E-state index >= 15 is 0 Å². The van der Waals surface area contributed by atoms with Crippen molar-refractivity contribution in [3.05, 3.63) is 27.2 Å². The van der Waals surface area contributed by atoms with Gasteiger partial charge in [-0.25, -0.2) is 14.3 Å². The highest BCUT2D eigenvalue weighted by molar-refractivity contribution is 5.67. The molecule has 0 spiro atoms. The van der Waals surface area contributed by atoms with Crippen molar-refractivity contribution in [2.45, 2.75) is 6.67 Å². The number of imidazole rings is 1. The number of aromatic nitrogens is 4. The van der Waals surface area contributed by atoms with Crippen LogP contribution in [-0.4, -0.2) is 19.5 Å². The summed E-state index contributed by atoms with van der Waals surface area (Å²) < 4.78 is 0.889. The van der Waals surface area contributed by atoms with Crippen molar-refractivity contribution in [3.8, 4) is 0 Å². The van der Waals surface area contributed by atoms with Crippen molar-refractivity contribution in [2.75, 3.05) is 0 Å². The molecule has 0 amide bonds. The van der Waals surface area contributed by atoms with Gasteiger partial charge in [0.25, 0.3) is 5.56 Å². The van der Waals surface area contributed by atoms with Crippen LogP contribution >= 0.6 is 0 Å². The van der Waals surface area contributed by atoms with E-state index < -0.39 is 11.2 Å². The second-order valence-electron chi connectivity index (χ2n) is 2.47. The Labute approximate surface area is 71.2 Å². The molecule has 2 heterocycles. The van der Waals surface area contributed by atoms with E-state index in [1.807, 2.05) is 0 Å². The van der Waals surface area contributed by atoms with Gasteiger partial charge in [0, 0.05) is 0 Å². The molecule has 68 valence electrons. The van der Waals surface area contributed by atoms with Crippen molar-refractivity contribution in [1.29, 1.82) is 0 Å². The van der Waals surface area contributed by atoms with Crippen LogP contribution in [0.25, 0.3) is 11.2 Å². The second-order valence-corrected chi connectivity index (χ2v) is 2.47. The molecule has 0 aliphatic carbocycles. The molecule has 2 aromatic heterocycles. The van der Waals surface area contributed by atoms with Crippen LogP contribution in [0.1, 0.15) is 0 Å². The van der Waals surface area contributed by atoms with Crippen LogP contribution < -0.4 is 17.0 Å². The second kappa shape index (κ2) is 2.56. The molecular formula is C6H7N5O2. The summed E-state index contributed by atoms with van der Waals surface area (Å²) in [7, 11) is 0. The monoisotopic (exact) mass is 181 g/mol. The number of hydrogen-bond donors (Lipinski definition) is 3. The minimum atomic E-state index is -0.549. The van der Waals surface area contributed by atoms with E-state index in [1.54, 1.807) is 0 Å². The number of fused-ring (bicyclic) bond motifs is 1. The minimum Gasteiger partial charge on any atom is -0.339 e. The van der Waals surface area contributed by atoms with Crippen molar-refractivity contribution in [1.82, 2.24) is 19.5 Å². The molecule has 0 aliphatic rings. The summed E-state index contributed by atoms with van der Waals surface area (Å²) in [5, 5.41) is 0. The highest BCUT2D eigenvalue weighted by Gasteiger charge is 2.06. The molecule has 0 aliphatic heterocycles. The van der Waals surface area contributed by atoms with Crippen molar-refractivity contribution < 1.29 is 0 Å². The molecule has 0 atom stereocenters. The molecular weight excluding hydrogens is 174 g/mol. The van der Waals surface area contributed by atoms with E-state index in [4.69, 9.17) is 5.73 Å². The maximum absolute atomic E-state index is 11.4. The minimum absolute atomic E-state index is 0.150. The molecule has 0 bridgehead atoms. The lowest BCUT2D eigenvalue weighted by atomic mass is 10.5. The summed E-state index contributed by atoms with van der Waals surface area (Å²) in [6, 6.07) is 0. The molecule has 0 fully saturated rings. The Kier molecular flexibility index (Phi) is 1.52. The Balaban J connectivity index is 3.02. The third-order valence-corrected chi connectivity index (χ3v) is 1.75. The lowest BCUT2D eigenvalue weighted by Crippen LogP contribution is -2.37. The van der Waals surface area contributed by atoms with E-state index in [2.05, 4.69) is 15.0 Å².